The predicted molar refractivity (Wildman–Crippen MR) is 101 cm³/mol. The third-order valence-electron chi connectivity index (χ3n) is 3.17. The van der Waals surface area contributed by atoms with Crippen LogP contribution in [0, 0.1) is 5.92 Å². The van der Waals surface area contributed by atoms with Gasteiger partial charge in [-0.3, -0.25) is 9.59 Å². The third kappa shape index (κ3) is 16.9. The van der Waals surface area contributed by atoms with Crippen LogP contribution in [0.2, 0.25) is 0 Å². The van der Waals surface area contributed by atoms with Crippen molar-refractivity contribution in [3.63, 3.8) is 0 Å². The number of amides is 2. The molecular weight excluding hydrogens is 320 g/mol. The standard InChI is InChI=1S/C18H36N4O3/c1-14(2)13-25-11-8-18(24)21-10-5-9-20-17(23)7-6-16(19)12-22-15(3)4/h12,14-15,22H,5-11,13,19H2,1-4H3,(H,20,23)(H,21,24)/b16-12-. The molecule has 0 atom stereocenters. The summed E-state index contributed by atoms with van der Waals surface area (Å²) in [5, 5.41) is 8.73. The highest BCUT2D eigenvalue weighted by molar-refractivity contribution is 5.76. The lowest BCUT2D eigenvalue weighted by Crippen LogP contribution is -2.30. The lowest BCUT2D eigenvalue weighted by atomic mass is 10.2. The van der Waals surface area contributed by atoms with Crippen molar-refractivity contribution in [2.45, 2.75) is 59.4 Å². The second kappa shape index (κ2) is 14.6. The SMILES string of the molecule is CC(C)COCCC(=O)NCCCNC(=O)CC/C(N)=C/NC(C)C. The summed E-state index contributed by atoms with van der Waals surface area (Å²) in [5.74, 6) is 0.420. The van der Waals surface area contributed by atoms with Gasteiger partial charge >= 0.3 is 0 Å². The highest BCUT2D eigenvalue weighted by atomic mass is 16.5. The van der Waals surface area contributed by atoms with Crippen molar-refractivity contribution in [3.8, 4) is 0 Å². The first-order chi connectivity index (χ1) is 11.8. The number of hydrogen-bond donors (Lipinski definition) is 4. The van der Waals surface area contributed by atoms with Crippen LogP contribution in [0.3, 0.4) is 0 Å². The van der Waals surface area contributed by atoms with Crippen LogP contribution >= 0.6 is 0 Å². The van der Waals surface area contributed by atoms with E-state index >= 15 is 0 Å². The topological polar surface area (TPSA) is 105 Å². The molecule has 0 aromatic carbocycles. The predicted octanol–water partition coefficient (Wildman–Crippen LogP) is 1.25. The maximum Gasteiger partial charge on any atom is 0.222 e. The number of nitrogens with two attached hydrogens (primary N) is 1. The fraction of sp³-hybridized carbons (Fsp3) is 0.778. The molecule has 7 heteroatoms. The van der Waals surface area contributed by atoms with E-state index in [1.807, 2.05) is 13.8 Å². The van der Waals surface area contributed by atoms with Gasteiger partial charge in [0.1, 0.15) is 0 Å². The lowest BCUT2D eigenvalue weighted by molar-refractivity contribution is -0.122. The van der Waals surface area contributed by atoms with Crippen LogP contribution < -0.4 is 21.7 Å². The number of carbonyl (C=O) groups excluding carboxylic acids is 2. The van der Waals surface area contributed by atoms with Crippen molar-refractivity contribution >= 4 is 11.8 Å². The van der Waals surface area contributed by atoms with E-state index in [-0.39, 0.29) is 11.8 Å². The van der Waals surface area contributed by atoms with Gasteiger partial charge in [0.15, 0.2) is 0 Å². The summed E-state index contributed by atoms with van der Waals surface area (Å²) in [7, 11) is 0. The zero-order valence-electron chi connectivity index (χ0n) is 16.2. The molecule has 0 saturated heterocycles. The first-order valence-electron chi connectivity index (χ1n) is 9.13. The highest BCUT2D eigenvalue weighted by Gasteiger charge is 2.04. The summed E-state index contributed by atoms with van der Waals surface area (Å²) in [5.41, 5.74) is 6.47. The molecule has 0 radical (unpaired) electrons. The van der Waals surface area contributed by atoms with Gasteiger partial charge in [0.2, 0.25) is 11.8 Å². The minimum absolute atomic E-state index is 0.0226. The van der Waals surface area contributed by atoms with Gasteiger partial charge in [-0.25, -0.2) is 0 Å². The quantitative estimate of drug-likeness (QED) is 0.351. The molecule has 2 amide bonds. The lowest BCUT2D eigenvalue weighted by Gasteiger charge is -2.09. The Labute approximate surface area is 152 Å². The molecule has 0 bridgehead atoms. The fourth-order valence-corrected chi connectivity index (χ4v) is 1.81. The Hall–Kier alpha value is -1.76. The van der Waals surface area contributed by atoms with Gasteiger partial charge in [-0.05, 0) is 32.6 Å². The van der Waals surface area contributed by atoms with Crippen molar-refractivity contribution in [2.75, 3.05) is 26.3 Å². The highest BCUT2D eigenvalue weighted by Crippen LogP contribution is 1.97. The van der Waals surface area contributed by atoms with Gasteiger partial charge in [0.05, 0.1) is 6.61 Å². The molecule has 0 aliphatic carbocycles. The van der Waals surface area contributed by atoms with Crippen molar-refractivity contribution in [3.05, 3.63) is 11.9 Å². The molecule has 0 aromatic heterocycles. The van der Waals surface area contributed by atoms with Crippen molar-refractivity contribution < 1.29 is 14.3 Å². The summed E-state index contributed by atoms with van der Waals surface area (Å²) in [6.07, 6.45) is 3.71. The van der Waals surface area contributed by atoms with Gasteiger partial charge in [0, 0.05) is 50.5 Å². The Kier molecular flexibility index (Phi) is 13.5. The Morgan fingerprint density at radius 3 is 2.16 bits per heavy atom. The van der Waals surface area contributed by atoms with Crippen molar-refractivity contribution in [1.29, 1.82) is 0 Å². The Morgan fingerprint density at radius 1 is 1.00 bits per heavy atom. The van der Waals surface area contributed by atoms with Gasteiger partial charge < -0.3 is 26.4 Å². The Morgan fingerprint density at radius 2 is 1.60 bits per heavy atom. The second-order valence-corrected chi connectivity index (χ2v) is 6.81. The first-order valence-corrected chi connectivity index (χ1v) is 9.13. The summed E-state index contributed by atoms with van der Waals surface area (Å²) in [6, 6.07) is 0.323. The molecule has 25 heavy (non-hydrogen) atoms. The summed E-state index contributed by atoms with van der Waals surface area (Å²) in [4.78, 5) is 23.3. The minimum Gasteiger partial charge on any atom is -0.401 e. The molecule has 0 spiro atoms. The van der Waals surface area contributed by atoms with E-state index in [4.69, 9.17) is 10.5 Å². The number of rotatable bonds is 14. The minimum atomic E-state index is -0.0330. The molecule has 0 aromatic rings. The number of hydrogen-bond acceptors (Lipinski definition) is 5. The molecule has 0 unspecified atom stereocenters. The molecular formula is C18H36N4O3. The number of carbonyl (C=O) groups is 2. The zero-order chi connectivity index (χ0) is 19.1. The molecule has 0 fully saturated rings. The van der Waals surface area contributed by atoms with E-state index < -0.39 is 0 Å². The van der Waals surface area contributed by atoms with E-state index in [1.165, 1.54) is 0 Å². The molecule has 0 heterocycles. The van der Waals surface area contributed by atoms with Crippen LogP contribution in [0.1, 0.15) is 53.4 Å². The van der Waals surface area contributed by atoms with E-state index in [9.17, 15) is 9.59 Å². The zero-order valence-corrected chi connectivity index (χ0v) is 16.2. The van der Waals surface area contributed by atoms with Gasteiger partial charge in [0.25, 0.3) is 0 Å². The Bertz CT molecular complexity index is 409. The molecule has 0 aliphatic heterocycles. The molecule has 7 nitrogen and oxygen atoms in total. The number of nitrogens with one attached hydrogen (secondary N) is 3. The number of ether oxygens (including phenoxy) is 1. The first kappa shape index (κ1) is 23.2. The molecule has 146 valence electrons. The van der Waals surface area contributed by atoms with Crippen LogP contribution in [-0.2, 0) is 14.3 Å². The van der Waals surface area contributed by atoms with Crippen LogP contribution in [0.15, 0.2) is 11.9 Å². The van der Waals surface area contributed by atoms with E-state index in [0.29, 0.717) is 69.6 Å². The third-order valence-corrected chi connectivity index (χ3v) is 3.17. The van der Waals surface area contributed by atoms with Crippen LogP contribution in [0.4, 0.5) is 0 Å². The fourth-order valence-electron chi connectivity index (χ4n) is 1.81. The maximum atomic E-state index is 11.7. The normalized spacial score (nSPS) is 11.7. The molecule has 0 aliphatic rings. The maximum absolute atomic E-state index is 11.7. The summed E-state index contributed by atoms with van der Waals surface area (Å²) < 4.78 is 5.36. The van der Waals surface area contributed by atoms with Gasteiger partial charge in [-0.1, -0.05) is 13.8 Å². The average Bonchev–Trinajstić information content (AvgIpc) is 2.54. The van der Waals surface area contributed by atoms with E-state index in [1.54, 1.807) is 6.20 Å². The average molecular weight is 357 g/mol. The monoisotopic (exact) mass is 356 g/mol. The van der Waals surface area contributed by atoms with Crippen molar-refractivity contribution in [1.82, 2.24) is 16.0 Å². The van der Waals surface area contributed by atoms with Crippen LogP contribution in [-0.4, -0.2) is 44.2 Å². The summed E-state index contributed by atoms with van der Waals surface area (Å²) >= 11 is 0. The molecule has 5 N–H and O–H groups in total. The van der Waals surface area contributed by atoms with Crippen LogP contribution in [0.5, 0.6) is 0 Å². The smallest absolute Gasteiger partial charge is 0.222 e. The van der Waals surface area contributed by atoms with E-state index in [0.717, 1.165) is 0 Å². The van der Waals surface area contributed by atoms with Crippen molar-refractivity contribution in [2.24, 2.45) is 11.7 Å². The van der Waals surface area contributed by atoms with Gasteiger partial charge in [-0.15, -0.1) is 0 Å². The number of allylic oxidation sites excluding steroid dienone is 1. The molecule has 0 rings (SSSR count). The van der Waals surface area contributed by atoms with E-state index in [2.05, 4.69) is 29.8 Å². The second-order valence-electron chi connectivity index (χ2n) is 6.81. The largest absolute Gasteiger partial charge is 0.401 e. The Balaban J connectivity index is 3.56. The van der Waals surface area contributed by atoms with Gasteiger partial charge in [-0.2, -0.15) is 0 Å². The molecule has 0 saturated carbocycles. The van der Waals surface area contributed by atoms with Crippen LogP contribution in [0.25, 0.3) is 0 Å². The summed E-state index contributed by atoms with van der Waals surface area (Å²) in [6.45, 7) is 10.4.